The van der Waals surface area contributed by atoms with Crippen LogP contribution in [-0.4, -0.2) is 17.9 Å². The van der Waals surface area contributed by atoms with Crippen LogP contribution in [0.3, 0.4) is 0 Å². The standard InChI is InChI=1S/C21H27FO/c1-20-11-8-17-15(16(20)7-6-14(20)9-12-23)13-19(22)18-5-3-4-10-21(17,18)2/h4-6,8,10,15-16,19,23H,3,7,9,11-13H2,1-2H3/t15-,16-,19?,20+,21+/m0/s1. The molecule has 1 nitrogen and oxygen atoms in total. The fraction of sp³-hybridized carbons (Fsp3) is 0.619. The monoisotopic (exact) mass is 314 g/mol. The van der Waals surface area contributed by atoms with Gasteiger partial charge in [-0.05, 0) is 61.9 Å². The Hall–Kier alpha value is -1.15. The van der Waals surface area contributed by atoms with E-state index in [2.05, 4.69) is 44.2 Å². The Morgan fingerprint density at radius 3 is 2.83 bits per heavy atom. The molecule has 2 heteroatoms. The van der Waals surface area contributed by atoms with Gasteiger partial charge in [-0.15, -0.1) is 0 Å². The van der Waals surface area contributed by atoms with Crippen LogP contribution in [0.4, 0.5) is 4.39 Å². The molecule has 1 unspecified atom stereocenters. The van der Waals surface area contributed by atoms with Crippen LogP contribution < -0.4 is 0 Å². The number of hydrogen-bond donors (Lipinski definition) is 1. The Morgan fingerprint density at radius 2 is 2.04 bits per heavy atom. The van der Waals surface area contributed by atoms with Crippen LogP contribution in [0.1, 0.15) is 46.0 Å². The predicted octanol–water partition coefficient (Wildman–Crippen LogP) is 4.90. The molecular weight excluding hydrogens is 287 g/mol. The lowest BCUT2D eigenvalue weighted by molar-refractivity contribution is 0.114. The molecule has 1 N–H and O–H groups in total. The maximum Gasteiger partial charge on any atom is 0.123 e. The number of fused-ring (bicyclic) bond motifs is 5. The summed E-state index contributed by atoms with van der Waals surface area (Å²) in [4.78, 5) is 0. The second kappa shape index (κ2) is 5.17. The van der Waals surface area contributed by atoms with Crippen molar-refractivity contribution in [3.8, 4) is 0 Å². The van der Waals surface area contributed by atoms with Gasteiger partial charge < -0.3 is 5.11 Å². The lowest BCUT2D eigenvalue weighted by Gasteiger charge is -2.53. The maximum absolute atomic E-state index is 15.0. The van der Waals surface area contributed by atoms with Crippen molar-refractivity contribution in [2.24, 2.45) is 22.7 Å². The Bertz CT molecular complexity index is 640. The van der Waals surface area contributed by atoms with Crippen molar-refractivity contribution >= 4 is 0 Å². The van der Waals surface area contributed by atoms with Gasteiger partial charge in [0.2, 0.25) is 0 Å². The van der Waals surface area contributed by atoms with Gasteiger partial charge in [0.25, 0.3) is 0 Å². The first-order chi connectivity index (χ1) is 11.0. The van der Waals surface area contributed by atoms with Gasteiger partial charge in [0, 0.05) is 12.0 Å². The second-order valence-corrected chi connectivity index (χ2v) is 8.14. The molecule has 0 saturated heterocycles. The van der Waals surface area contributed by atoms with Crippen molar-refractivity contribution in [3.63, 3.8) is 0 Å². The van der Waals surface area contributed by atoms with Crippen LogP contribution in [0.5, 0.6) is 0 Å². The first-order valence-electron chi connectivity index (χ1n) is 9.04. The van der Waals surface area contributed by atoms with E-state index < -0.39 is 6.17 Å². The molecule has 4 rings (SSSR count). The normalized spacial score (nSPS) is 44.7. The molecule has 0 bridgehead atoms. The third-order valence-electron chi connectivity index (χ3n) is 7.11. The summed E-state index contributed by atoms with van der Waals surface area (Å²) in [7, 11) is 0. The minimum Gasteiger partial charge on any atom is -0.396 e. The van der Waals surface area contributed by atoms with E-state index in [1.165, 1.54) is 11.1 Å². The van der Waals surface area contributed by atoms with Gasteiger partial charge in [0.05, 0.1) is 0 Å². The summed E-state index contributed by atoms with van der Waals surface area (Å²) in [6, 6.07) is 0. The molecule has 0 aliphatic heterocycles. The molecule has 124 valence electrons. The van der Waals surface area contributed by atoms with E-state index in [0.717, 1.165) is 31.3 Å². The molecule has 1 fully saturated rings. The fourth-order valence-electron chi connectivity index (χ4n) is 5.85. The molecule has 0 amide bonds. The van der Waals surface area contributed by atoms with E-state index in [-0.39, 0.29) is 17.4 Å². The van der Waals surface area contributed by atoms with Gasteiger partial charge in [-0.2, -0.15) is 0 Å². The van der Waals surface area contributed by atoms with Crippen LogP contribution in [0, 0.1) is 22.7 Å². The first-order valence-corrected chi connectivity index (χ1v) is 9.04. The number of aliphatic hydroxyl groups is 1. The number of halogens is 1. The summed E-state index contributed by atoms with van der Waals surface area (Å²) in [5.74, 6) is 0.831. The van der Waals surface area contributed by atoms with E-state index in [9.17, 15) is 9.50 Å². The van der Waals surface area contributed by atoms with Crippen molar-refractivity contribution in [2.75, 3.05) is 6.61 Å². The molecule has 0 heterocycles. The Kier molecular flexibility index (Phi) is 3.46. The highest BCUT2D eigenvalue weighted by molar-refractivity contribution is 5.47. The van der Waals surface area contributed by atoms with Crippen molar-refractivity contribution < 1.29 is 9.50 Å². The average molecular weight is 314 g/mol. The zero-order chi connectivity index (χ0) is 16.2. The van der Waals surface area contributed by atoms with Crippen molar-refractivity contribution in [2.45, 2.75) is 52.1 Å². The minimum absolute atomic E-state index is 0.118. The van der Waals surface area contributed by atoms with E-state index in [1.807, 2.05) is 0 Å². The molecule has 0 radical (unpaired) electrons. The van der Waals surface area contributed by atoms with Crippen molar-refractivity contribution in [3.05, 3.63) is 47.1 Å². The molecule has 0 spiro atoms. The number of alkyl halides is 1. The topological polar surface area (TPSA) is 20.2 Å². The van der Waals surface area contributed by atoms with Crippen LogP contribution in [0.15, 0.2) is 47.1 Å². The van der Waals surface area contributed by atoms with Crippen LogP contribution in [0.2, 0.25) is 0 Å². The van der Waals surface area contributed by atoms with Gasteiger partial charge in [-0.3, -0.25) is 0 Å². The van der Waals surface area contributed by atoms with Crippen molar-refractivity contribution in [1.82, 2.24) is 0 Å². The maximum atomic E-state index is 15.0. The average Bonchev–Trinajstić information content (AvgIpc) is 2.85. The summed E-state index contributed by atoms with van der Waals surface area (Å²) in [6.07, 6.45) is 14.8. The third-order valence-corrected chi connectivity index (χ3v) is 7.11. The van der Waals surface area contributed by atoms with Gasteiger partial charge in [-0.1, -0.05) is 48.5 Å². The predicted molar refractivity (Wildman–Crippen MR) is 91.6 cm³/mol. The van der Waals surface area contributed by atoms with Crippen LogP contribution in [-0.2, 0) is 0 Å². The van der Waals surface area contributed by atoms with E-state index in [1.54, 1.807) is 0 Å². The van der Waals surface area contributed by atoms with Gasteiger partial charge in [-0.25, -0.2) is 4.39 Å². The Labute approximate surface area is 138 Å². The molecule has 0 aromatic rings. The van der Waals surface area contributed by atoms with Crippen molar-refractivity contribution in [1.29, 1.82) is 0 Å². The Balaban J connectivity index is 1.75. The number of rotatable bonds is 2. The zero-order valence-electron chi connectivity index (χ0n) is 14.2. The van der Waals surface area contributed by atoms with E-state index in [0.29, 0.717) is 18.3 Å². The minimum atomic E-state index is -0.809. The van der Waals surface area contributed by atoms with Crippen LogP contribution in [0.25, 0.3) is 0 Å². The van der Waals surface area contributed by atoms with E-state index in [4.69, 9.17) is 0 Å². The largest absolute Gasteiger partial charge is 0.396 e. The smallest absolute Gasteiger partial charge is 0.123 e. The number of hydrogen-bond acceptors (Lipinski definition) is 1. The second-order valence-electron chi connectivity index (χ2n) is 8.14. The summed E-state index contributed by atoms with van der Waals surface area (Å²) >= 11 is 0. The lowest BCUT2D eigenvalue weighted by atomic mass is 9.52. The molecule has 1 saturated carbocycles. The van der Waals surface area contributed by atoms with Crippen LogP contribution >= 0.6 is 0 Å². The lowest BCUT2D eigenvalue weighted by Crippen LogP contribution is -2.45. The summed E-state index contributed by atoms with van der Waals surface area (Å²) in [6.45, 7) is 4.75. The summed E-state index contributed by atoms with van der Waals surface area (Å²) in [5.41, 5.74) is 3.75. The third kappa shape index (κ3) is 2.00. The molecule has 0 aromatic heterocycles. The van der Waals surface area contributed by atoms with Gasteiger partial charge >= 0.3 is 0 Å². The molecule has 23 heavy (non-hydrogen) atoms. The highest BCUT2D eigenvalue weighted by Gasteiger charge is 2.54. The molecule has 4 aliphatic rings. The van der Waals surface area contributed by atoms with E-state index >= 15 is 0 Å². The molecule has 4 aliphatic carbocycles. The molecule has 0 aromatic carbocycles. The first kappa shape index (κ1) is 15.4. The SMILES string of the molecule is C[C@]12C=CCC=C1C(F)C[C@@H]1C2=CC[C@]2(C)C(CCO)=CC[C@@H]12. The highest BCUT2D eigenvalue weighted by atomic mass is 19.1. The summed E-state index contributed by atoms with van der Waals surface area (Å²) < 4.78 is 15.0. The van der Waals surface area contributed by atoms with Gasteiger partial charge in [0.15, 0.2) is 0 Å². The Morgan fingerprint density at radius 1 is 1.22 bits per heavy atom. The summed E-state index contributed by atoms with van der Waals surface area (Å²) in [5, 5.41) is 9.37. The molecular formula is C21H27FO. The zero-order valence-corrected chi connectivity index (χ0v) is 14.2. The number of aliphatic hydroxyl groups excluding tert-OH is 1. The quantitative estimate of drug-likeness (QED) is 0.719. The molecule has 5 atom stereocenters. The number of allylic oxidation sites excluding steroid dienone is 7. The van der Waals surface area contributed by atoms with Gasteiger partial charge in [0.1, 0.15) is 6.17 Å². The fourth-order valence-corrected chi connectivity index (χ4v) is 5.85. The highest BCUT2D eigenvalue weighted by Crippen LogP contribution is 2.63.